The van der Waals surface area contributed by atoms with Crippen LogP contribution >= 0.6 is 35.5 Å². The van der Waals surface area contributed by atoms with Crippen molar-refractivity contribution in [3.05, 3.63) is 36.4 Å². The Labute approximate surface area is 192 Å². The van der Waals surface area contributed by atoms with Gasteiger partial charge in [-0.3, -0.25) is 4.99 Å². The zero-order valence-electron chi connectivity index (χ0n) is 16.8. The number of hydrogen-bond acceptors (Lipinski definition) is 6. The fourth-order valence-corrected chi connectivity index (χ4v) is 4.24. The van der Waals surface area contributed by atoms with Crippen LogP contribution in [-0.2, 0) is 13.0 Å². The molecule has 156 valence electrons. The lowest BCUT2D eigenvalue weighted by Crippen LogP contribution is -2.52. The summed E-state index contributed by atoms with van der Waals surface area (Å²) in [5.41, 5.74) is 2.20. The summed E-state index contributed by atoms with van der Waals surface area (Å²) in [6.45, 7) is 7.47. The quantitative estimate of drug-likeness (QED) is 0.313. The fraction of sp³-hybridized carbons (Fsp3) is 0.474. The molecule has 0 amide bonds. The van der Waals surface area contributed by atoms with Gasteiger partial charge in [0, 0.05) is 64.3 Å². The molecular formula is C19H27IN8S. The van der Waals surface area contributed by atoms with Crippen LogP contribution in [0.25, 0.3) is 11.0 Å². The van der Waals surface area contributed by atoms with Gasteiger partial charge >= 0.3 is 0 Å². The second-order valence-corrected chi connectivity index (χ2v) is 7.45. The average Bonchev–Trinajstić information content (AvgIpc) is 3.39. The Kier molecular flexibility index (Phi) is 7.64. The zero-order valence-corrected chi connectivity index (χ0v) is 19.9. The van der Waals surface area contributed by atoms with Crippen LogP contribution in [0.3, 0.4) is 0 Å². The van der Waals surface area contributed by atoms with E-state index in [9.17, 15) is 0 Å². The highest BCUT2D eigenvalue weighted by molar-refractivity contribution is 14.0. The van der Waals surface area contributed by atoms with Crippen molar-refractivity contribution < 1.29 is 0 Å². The van der Waals surface area contributed by atoms with E-state index in [1.165, 1.54) is 11.5 Å². The van der Waals surface area contributed by atoms with Crippen molar-refractivity contribution in [2.75, 3.05) is 44.7 Å². The maximum Gasteiger partial charge on any atom is 0.205 e. The molecule has 8 nitrogen and oxygen atoms in total. The number of piperazine rings is 1. The van der Waals surface area contributed by atoms with Crippen LogP contribution in [0.1, 0.15) is 12.7 Å². The Balaban J connectivity index is 0.00000240. The summed E-state index contributed by atoms with van der Waals surface area (Å²) in [7, 11) is 1.85. The third-order valence-electron chi connectivity index (χ3n) is 5.00. The summed E-state index contributed by atoms with van der Waals surface area (Å²) in [4.78, 5) is 18.2. The molecular weight excluding hydrogens is 499 g/mol. The smallest absolute Gasteiger partial charge is 0.205 e. The SMILES string of the molecule is CCc1nsc(N2CCN(C(=NC)NCCn3cnc4ccccc43)CC2)n1.I. The lowest BCUT2D eigenvalue weighted by atomic mass is 10.3. The summed E-state index contributed by atoms with van der Waals surface area (Å²) in [6.07, 6.45) is 2.79. The first-order chi connectivity index (χ1) is 13.8. The van der Waals surface area contributed by atoms with Gasteiger partial charge in [-0.25, -0.2) is 9.97 Å². The predicted octanol–water partition coefficient (Wildman–Crippen LogP) is 2.47. The van der Waals surface area contributed by atoms with Crippen molar-refractivity contribution in [1.29, 1.82) is 0 Å². The third-order valence-corrected chi connectivity index (χ3v) is 5.81. The van der Waals surface area contributed by atoms with Crippen LogP contribution in [0.4, 0.5) is 5.13 Å². The minimum Gasteiger partial charge on any atom is -0.354 e. The van der Waals surface area contributed by atoms with Crippen molar-refractivity contribution >= 4 is 57.6 Å². The van der Waals surface area contributed by atoms with E-state index < -0.39 is 0 Å². The maximum absolute atomic E-state index is 4.61. The van der Waals surface area contributed by atoms with Gasteiger partial charge in [-0.1, -0.05) is 19.1 Å². The summed E-state index contributed by atoms with van der Waals surface area (Å²) in [5.74, 6) is 1.89. The number of nitrogens with zero attached hydrogens (tertiary/aromatic N) is 7. The number of para-hydroxylation sites is 2. The Morgan fingerprint density at radius 1 is 1.21 bits per heavy atom. The average molecular weight is 526 g/mol. The van der Waals surface area contributed by atoms with Gasteiger partial charge in [-0.15, -0.1) is 24.0 Å². The Bertz CT molecular complexity index is 944. The van der Waals surface area contributed by atoms with Crippen LogP contribution in [0.5, 0.6) is 0 Å². The molecule has 29 heavy (non-hydrogen) atoms. The topological polar surface area (TPSA) is 74.5 Å². The van der Waals surface area contributed by atoms with E-state index in [1.807, 2.05) is 31.6 Å². The Morgan fingerprint density at radius 2 is 2.00 bits per heavy atom. The van der Waals surface area contributed by atoms with E-state index in [-0.39, 0.29) is 24.0 Å². The molecule has 1 fully saturated rings. The van der Waals surface area contributed by atoms with Crippen molar-refractivity contribution in [1.82, 2.24) is 29.1 Å². The first-order valence-electron chi connectivity index (χ1n) is 9.71. The van der Waals surface area contributed by atoms with E-state index in [0.29, 0.717) is 0 Å². The molecule has 0 saturated carbocycles. The highest BCUT2D eigenvalue weighted by Gasteiger charge is 2.21. The number of halogens is 1. The molecule has 1 N–H and O–H groups in total. The second kappa shape index (κ2) is 10.2. The van der Waals surface area contributed by atoms with Crippen LogP contribution in [0, 0.1) is 0 Å². The number of aliphatic imine (C=N–C) groups is 1. The Hall–Kier alpha value is -1.95. The van der Waals surface area contributed by atoms with Gasteiger partial charge in [0.25, 0.3) is 0 Å². The monoisotopic (exact) mass is 526 g/mol. The van der Waals surface area contributed by atoms with Gasteiger partial charge in [0.15, 0.2) is 5.96 Å². The molecule has 10 heteroatoms. The molecule has 3 aromatic rings. The van der Waals surface area contributed by atoms with Crippen LogP contribution in [0.15, 0.2) is 35.6 Å². The summed E-state index contributed by atoms with van der Waals surface area (Å²) in [5, 5.41) is 4.53. The minimum absolute atomic E-state index is 0. The molecule has 0 atom stereocenters. The van der Waals surface area contributed by atoms with Gasteiger partial charge in [0.2, 0.25) is 5.13 Å². The number of guanidine groups is 1. The number of nitrogens with one attached hydrogen (secondary N) is 1. The van der Waals surface area contributed by atoms with Crippen LogP contribution in [0.2, 0.25) is 0 Å². The van der Waals surface area contributed by atoms with Crippen molar-refractivity contribution in [2.24, 2.45) is 4.99 Å². The van der Waals surface area contributed by atoms with Gasteiger partial charge in [-0.2, -0.15) is 4.37 Å². The highest BCUT2D eigenvalue weighted by Crippen LogP contribution is 2.19. The maximum atomic E-state index is 4.61. The molecule has 1 saturated heterocycles. The molecule has 3 heterocycles. The Morgan fingerprint density at radius 3 is 2.72 bits per heavy atom. The van der Waals surface area contributed by atoms with E-state index in [2.05, 4.69) is 52.0 Å². The van der Waals surface area contributed by atoms with Crippen molar-refractivity contribution in [3.63, 3.8) is 0 Å². The van der Waals surface area contributed by atoms with E-state index in [4.69, 9.17) is 0 Å². The predicted molar refractivity (Wildman–Crippen MR) is 130 cm³/mol. The number of rotatable bonds is 5. The van der Waals surface area contributed by atoms with Crippen LogP contribution < -0.4 is 10.2 Å². The lowest BCUT2D eigenvalue weighted by Gasteiger charge is -2.36. The zero-order chi connectivity index (χ0) is 19.3. The minimum atomic E-state index is 0. The lowest BCUT2D eigenvalue weighted by molar-refractivity contribution is 0.371. The van der Waals surface area contributed by atoms with E-state index in [0.717, 1.165) is 73.6 Å². The molecule has 0 unspecified atom stereocenters. The largest absolute Gasteiger partial charge is 0.354 e. The number of imidazole rings is 1. The second-order valence-electron chi connectivity index (χ2n) is 6.72. The number of aryl methyl sites for hydroxylation is 1. The van der Waals surface area contributed by atoms with E-state index >= 15 is 0 Å². The molecule has 2 aromatic heterocycles. The standard InChI is InChI=1S/C19H26N8S.HI/c1-3-17-23-19(28-24-17)26-12-10-25(11-13-26)18(20-2)21-8-9-27-14-22-15-6-4-5-7-16(15)27;/h4-7,14H,3,8-13H2,1-2H3,(H,20,21);1H. The molecule has 0 aliphatic carbocycles. The summed E-state index contributed by atoms with van der Waals surface area (Å²) in [6, 6.07) is 8.21. The number of hydrogen-bond donors (Lipinski definition) is 1. The normalized spacial score (nSPS) is 14.9. The summed E-state index contributed by atoms with van der Waals surface area (Å²) < 4.78 is 6.57. The third kappa shape index (κ3) is 4.97. The first-order valence-corrected chi connectivity index (χ1v) is 10.5. The first kappa shape index (κ1) is 21.8. The van der Waals surface area contributed by atoms with Gasteiger partial charge in [-0.05, 0) is 12.1 Å². The molecule has 4 rings (SSSR count). The van der Waals surface area contributed by atoms with Gasteiger partial charge in [0.1, 0.15) is 5.82 Å². The van der Waals surface area contributed by atoms with E-state index in [1.54, 1.807) is 0 Å². The van der Waals surface area contributed by atoms with Gasteiger partial charge < -0.3 is 19.7 Å². The molecule has 0 bridgehead atoms. The molecule has 0 radical (unpaired) electrons. The fourth-order valence-electron chi connectivity index (χ4n) is 3.44. The number of benzene rings is 1. The van der Waals surface area contributed by atoms with Crippen LogP contribution in [-0.4, -0.2) is 69.5 Å². The van der Waals surface area contributed by atoms with Crippen molar-refractivity contribution in [2.45, 2.75) is 19.9 Å². The molecule has 1 aromatic carbocycles. The summed E-state index contributed by atoms with van der Waals surface area (Å²) >= 11 is 1.50. The number of fused-ring (bicyclic) bond motifs is 1. The number of aromatic nitrogens is 4. The number of anilines is 1. The molecule has 1 aliphatic rings. The highest BCUT2D eigenvalue weighted by atomic mass is 127. The van der Waals surface area contributed by atoms with Crippen molar-refractivity contribution in [3.8, 4) is 0 Å². The molecule has 0 spiro atoms. The van der Waals surface area contributed by atoms with Gasteiger partial charge in [0.05, 0.1) is 17.4 Å². The molecule has 1 aliphatic heterocycles.